The molecular formula is C20H23N3O. The summed E-state index contributed by atoms with van der Waals surface area (Å²) in [5.74, 6) is 0.809. The number of benzene rings is 1. The third kappa shape index (κ3) is 2.77. The number of pyridine rings is 1. The molecule has 4 nitrogen and oxygen atoms in total. The highest BCUT2D eigenvalue weighted by Gasteiger charge is 2.26. The molecule has 4 rings (SSSR count). The zero-order valence-electron chi connectivity index (χ0n) is 14.1. The van der Waals surface area contributed by atoms with Crippen molar-refractivity contribution < 1.29 is 4.79 Å². The lowest BCUT2D eigenvalue weighted by molar-refractivity contribution is 0.0984. The van der Waals surface area contributed by atoms with Gasteiger partial charge in [-0.3, -0.25) is 4.79 Å². The molecule has 124 valence electrons. The van der Waals surface area contributed by atoms with Crippen molar-refractivity contribution in [2.24, 2.45) is 5.92 Å². The number of fused-ring (bicyclic) bond motifs is 1. The Hall–Kier alpha value is -2.36. The van der Waals surface area contributed by atoms with Gasteiger partial charge >= 0.3 is 0 Å². The predicted octanol–water partition coefficient (Wildman–Crippen LogP) is 3.52. The zero-order valence-corrected chi connectivity index (χ0v) is 14.1. The molecule has 1 aromatic heterocycles. The smallest absolute Gasteiger partial charge is 0.276 e. The summed E-state index contributed by atoms with van der Waals surface area (Å²) in [6.07, 6.45) is 5.23. The topological polar surface area (TPSA) is 36.4 Å². The number of rotatable bonds is 2. The molecule has 0 unspecified atom stereocenters. The van der Waals surface area contributed by atoms with Gasteiger partial charge in [-0.1, -0.05) is 25.1 Å². The van der Waals surface area contributed by atoms with Gasteiger partial charge in [0.05, 0.1) is 11.9 Å². The van der Waals surface area contributed by atoms with Crippen molar-refractivity contribution in [3.8, 4) is 0 Å². The number of hydrogen-bond acceptors (Lipinski definition) is 3. The summed E-state index contributed by atoms with van der Waals surface area (Å²) in [4.78, 5) is 21.5. The van der Waals surface area contributed by atoms with Gasteiger partial charge in [-0.2, -0.15) is 0 Å². The summed E-state index contributed by atoms with van der Waals surface area (Å²) in [5, 5.41) is 0. The lowest BCUT2D eigenvalue weighted by Gasteiger charge is -2.31. The van der Waals surface area contributed by atoms with Crippen LogP contribution in [0.5, 0.6) is 0 Å². The van der Waals surface area contributed by atoms with Crippen LogP contribution in [-0.4, -0.2) is 30.5 Å². The van der Waals surface area contributed by atoms with Crippen LogP contribution in [0.25, 0.3) is 0 Å². The number of anilines is 2. The SMILES string of the molecule is CC1CCN(c2ccc(C(=O)N3CCc4ccccc43)nc2)CC1. The molecular weight excluding hydrogens is 298 g/mol. The normalized spacial score (nSPS) is 17.9. The first-order valence-electron chi connectivity index (χ1n) is 8.83. The minimum absolute atomic E-state index is 0.00114. The summed E-state index contributed by atoms with van der Waals surface area (Å²) in [6, 6.07) is 12.0. The number of piperidine rings is 1. The Morgan fingerprint density at radius 1 is 1.08 bits per heavy atom. The van der Waals surface area contributed by atoms with Crippen molar-refractivity contribution in [3.05, 3.63) is 53.9 Å². The Balaban J connectivity index is 1.50. The van der Waals surface area contributed by atoms with Crippen LogP contribution in [0.1, 0.15) is 35.8 Å². The van der Waals surface area contributed by atoms with Gasteiger partial charge in [0.15, 0.2) is 0 Å². The lowest BCUT2D eigenvalue weighted by atomic mass is 9.99. The van der Waals surface area contributed by atoms with E-state index in [-0.39, 0.29) is 5.91 Å². The molecule has 3 heterocycles. The average molecular weight is 321 g/mol. The third-order valence-electron chi connectivity index (χ3n) is 5.25. The van der Waals surface area contributed by atoms with Crippen molar-refractivity contribution in [1.29, 1.82) is 0 Å². The molecule has 2 aliphatic heterocycles. The Morgan fingerprint density at radius 3 is 2.62 bits per heavy atom. The van der Waals surface area contributed by atoms with Crippen LogP contribution in [0.4, 0.5) is 11.4 Å². The molecule has 1 amide bonds. The highest BCUT2D eigenvalue weighted by Crippen LogP contribution is 2.29. The van der Waals surface area contributed by atoms with Gasteiger partial charge in [0, 0.05) is 25.3 Å². The molecule has 2 aliphatic rings. The molecule has 0 radical (unpaired) electrons. The van der Waals surface area contributed by atoms with Crippen LogP contribution in [-0.2, 0) is 6.42 Å². The number of aromatic nitrogens is 1. The fourth-order valence-electron chi connectivity index (χ4n) is 3.65. The Kier molecular flexibility index (Phi) is 3.97. The fourth-order valence-corrected chi connectivity index (χ4v) is 3.65. The zero-order chi connectivity index (χ0) is 16.5. The second kappa shape index (κ2) is 6.27. The largest absolute Gasteiger partial charge is 0.370 e. The summed E-state index contributed by atoms with van der Waals surface area (Å²) in [7, 11) is 0. The van der Waals surface area contributed by atoms with E-state index < -0.39 is 0 Å². The first-order valence-corrected chi connectivity index (χ1v) is 8.83. The van der Waals surface area contributed by atoms with E-state index >= 15 is 0 Å². The summed E-state index contributed by atoms with van der Waals surface area (Å²) >= 11 is 0. The maximum atomic E-state index is 12.8. The van der Waals surface area contributed by atoms with Crippen molar-refractivity contribution in [1.82, 2.24) is 4.98 Å². The van der Waals surface area contributed by atoms with E-state index in [1.807, 2.05) is 41.4 Å². The second-order valence-electron chi connectivity index (χ2n) is 6.91. The van der Waals surface area contributed by atoms with E-state index in [9.17, 15) is 4.79 Å². The maximum absolute atomic E-state index is 12.8. The highest BCUT2D eigenvalue weighted by molar-refractivity contribution is 6.06. The number of nitrogens with zero attached hydrogens (tertiary/aromatic N) is 3. The number of amides is 1. The fraction of sp³-hybridized carbons (Fsp3) is 0.400. The molecule has 0 N–H and O–H groups in total. The van der Waals surface area contributed by atoms with Gasteiger partial charge in [0.25, 0.3) is 5.91 Å². The lowest BCUT2D eigenvalue weighted by Crippen LogP contribution is -2.33. The molecule has 0 saturated carbocycles. The summed E-state index contributed by atoms with van der Waals surface area (Å²) in [6.45, 7) is 5.21. The number of para-hydroxylation sites is 1. The second-order valence-corrected chi connectivity index (χ2v) is 6.91. The quantitative estimate of drug-likeness (QED) is 0.849. The molecule has 0 spiro atoms. The Labute approximate surface area is 143 Å². The number of hydrogen-bond donors (Lipinski definition) is 0. The average Bonchev–Trinajstić information content (AvgIpc) is 3.06. The van der Waals surface area contributed by atoms with E-state index in [4.69, 9.17) is 0 Å². The van der Waals surface area contributed by atoms with Gasteiger partial charge in [-0.25, -0.2) is 4.98 Å². The maximum Gasteiger partial charge on any atom is 0.276 e. The molecule has 0 atom stereocenters. The van der Waals surface area contributed by atoms with Crippen molar-refractivity contribution >= 4 is 17.3 Å². The summed E-state index contributed by atoms with van der Waals surface area (Å²) < 4.78 is 0. The molecule has 0 bridgehead atoms. The molecule has 0 aliphatic carbocycles. The van der Waals surface area contributed by atoms with E-state index in [0.29, 0.717) is 5.69 Å². The van der Waals surface area contributed by atoms with Crippen LogP contribution < -0.4 is 9.80 Å². The van der Waals surface area contributed by atoms with Crippen molar-refractivity contribution in [3.63, 3.8) is 0 Å². The molecule has 1 aromatic carbocycles. The summed E-state index contributed by atoms with van der Waals surface area (Å²) in [5.41, 5.74) is 3.92. The van der Waals surface area contributed by atoms with Gasteiger partial charge in [-0.15, -0.1) is 0 Å². The van der Waals surface area contributed by atoms with Crippen LogP contribution in [0.3, 0.4) is 0 Å². The first-order chi connectivity index (χ1) is 11.7. The van der Waals surface area contributed by atoms with Crippen molar-refractivity contribution in [2.75, 3.05) is 29.4 Å². The molecule has 2 aromatic rings. The first kappa shape index (κ1) is 15.2. The standard InChI is InChI=1S/C20H23N3O/c1-15-8-11-22(12-9-15)17-6-7-18(21-14-17)20(24)23-13-10-16-4-2-3-5-19(16)23/h2-7,14-15H,8-13H2,1H3. The van der Waals surface area contributed by atoms with Crippen LogP contribution in [0.15, 0.2) is 42.6 Å². The van der Waals surface area contributed by atoms with Crippen molar-refractivity contribution in [2.45, 2.75) is 26.2 Å². The van der Waals surface area contributed by atoms with E-state index in [2.05, 4.69) is 22.9 Å². The highest BCUT2D eigenvalue weighted by atomic mass is 16.2. The van der Waals surface area contributed by atoms with E-state index in [1.54, 1.807) is 0 Å². The van der Waals surface area contributed by atoms with Gasteiger partial charge in [-0.05, 0) is 48.9 Å². The van der Waals surface area contributed by atoms with Gasteiger partial charge < -0.3 is 9.80 Å². The minimum Gasteiger partial charge on any atom is -0.370 e. The number of carbonyl (C=O) groups excluding carboxylic acids is 1. The van der Waals surface area contributed by atoms with Gasteiger partial charge in [0.1, 0.15) is 5.69 Å². The van der Waals surface area contributed by atoms with Crippen LogP contribution >= 0.6 is 0 Å². The third-order valence-corrected chi connectivity index (χ3v) is 5.25. The van der Waals surface area contributed by atoms with E-state index in [0.717, 1.165) is 43.3 Å². The molecule has 1 fully saturated rings. The Bertz CT molecular complexity index is 733. The Morgan fingerprint density at radius 2 is 1.88 bits per heavy atom. The number of carbonyl (C=O) groups is 1. The molecule has 1 saturated heterocycles. The van der Waals surface area contributed by atoms with Crippen LogP contribution in [0, 0.1) is 5.92 Å². The van der Waals surface area contributed by atoms with Gasteiger partial charge in [0.2, 0.25) is 0 Å². The predicted molar refractivity (Wildman–Crippen MR) is 96.7 cm³/mol. The molecule has 4 heteroatoms. The monoisotopic (exact) mass is 321 g/mol. The molecule has 24 heavy (non-hydrogen) atoms. The van der Waals surface area contributed by atoms with Crippen LogP contribution in [0.2, 0.25) is 0 Å². The van der Waals surface area contributed by atoms with E-state index in [1.165, 1.54) is 18.4 Å². The minimum atomic E-state index is -0.00114.